The number of alkyl halides is 3. The molecule has 38 heavy (non-hydrogen) atoms. The predicted molar refractivity (Wildman–Crippen MR) is 128 cm³/mol. The van der Waals surface area contributed by atoms with Crippen molar-refractivity contribution >= 4 is 11.3 Å². The second kappa shape index (κ2) is 8.90. The molecule has 12 heteroatoms. The van der Waals surface area contributed by atoms with Crippen LogP contribution < -0.4 is 10.5 Å². The molecule has 198 valence electrons. The van der Waals surface area contributed by atoms with Crippen LogP contribution in [0.15, 0.2) is 53.7 Å². The maximum absolute atomic E-state index is 14.9. The predicted octanol–water partition coefficient (Wildman–Crippen LogP) is 5.16. The molecule has 2 fully saturated rings. The van der Waals surface area contributed by atoms with E-state index in [1.165, 1.54) is 12.3 Å². The summed E-state index contributed by atoms with van der Waals surface area (Å²) in [7, 11) is 0. The summed E-state index contributed by atoms with van der Waals surface area (Å²) in [5.74, 6) is -1.83. The average Bonchev–Trinajstić information content (AvgIpc) is 3.59. The van der Waals surface area contributed by atoms with Crippen LogP contribution in [-0.2, 0) is 10.9 Å². The molecule has 0 amide bonds. The Balaban J connectivity index is 1.47. The number of anilines is 1. The molecule has 3 aromatic heterocycles. The van der Waals surface area contributed by atoms with Crippen LogP contribution in [0, 0.1) is 11.6 Å². The summed E-state index contributed by atoms with van der Waals surface area (Å²) in [6, 6.07) is 5.02. The first kappa shape index (κ1) is 24.5. The Kier molecular flexibility index (Phi) is 5.74. The number of pyridine rings is 1. The summed E-state index contributed by atoms with van der Waals surface area (Å²) >= 11 is 0. The Morgan fingerprint density at radius 3 is 2.53 bits per heavy atom. The lowest BCUT2D eigenvalue weighted by atomic mass is 10.0. The fourth-order valence-corrected chi connectivity index (χ4v) is 4.82. The largest absolute Gasteiger partial charge is 0.433 e. The highest BCUT2D eigenvalue weighted by molar-refractivity contribution is 5.81. The lowest BCUT2D eigenvalue weighted by Crippen LogP contribution is -2.43. The highest BCUT2D eigenvalue weighted by atomic mass is 19.4. The maximum Gasteiger partial charge on any atom is 0.433 e. The van der Waals surface area contributed by atoms with Crippen LogP contribution in [-0.4, -0.2) is 38.4 Å². The first-order chi connectivity index (χ1) is 18.1. The summed E-state index contributed by atoms with van der Waals surface area (Å²) in [5.41, 5.74) is -1.67. The van der Waals surface area contributed by atoms with Crippen molar-refractivity contribution in [1.29, 1.82) is 0 Å². The molecule has 0 spiro atoms. The molecule has 0 bridgehead atoms. The van der Waals surface area contributed by atoms with Crippen molar-refractivity contribution in [2.75, 3.05) is 18.0 Å². The van der Waals surface area contributed by atoms with Crippen LogP contribution in [0.4, 0.5) is 27.6 Å². The van der Waals surface area contributed by atoms with Gasteiger partial charge in [-0.1, -0.05) is 0 Å². The van der Waals surface area contributed by atoms with Crippen molar-refractivity contribution in [3.63, 3.8) is 0 Å². The number of fused-ring (bicyclic) bond motifs is 1. The zero-order valence-corrected chi connectivity index (χ0v) is 20.1. The van der Waals surface area contributed by atoms with Crippen molar-refractivity contribution in [3.8, 4) is 11.1 Å². The summed E-state index contributed by atoms with van der Waals surface area (Å²) in [5, 5.41) is 4.43. The van der Waals surface area contributed by atoms with Crippen LogP contribution in [0.1, 0.15) is 43.2 Å². The van der Waals surface area contributed by atoms with Crippen molar-refractivity contribution in [1.82, 2.24) is 19.2 Å². The van der Waals surface area contributed by atoms with Gasteiger partial charge in [-0.15, -0.1) is 0 Å². The van der Waals surface area contributed by atoms with Crippen LogP contribution in [0.25, 0.3) is 16.8 Å². The minimum atomic E-state index is -4.89. The van der Waals surface area contributed by atoms with Crippen LogP contribution in [0.3, 0.4) is 0 Å². The topological polar surface area (TPSA) is 64.7 Å². The summed E-state index contributed by atoms with van der Waals surface area (Å²) < 4.78 is 78.0. The van der Waals surface area contributed by atoms with Gasteiger partial charge in [0.15, 0.2) is 5.69 Å². The number of nitrogens with zero attached hydrogens (tertiary/aromatic N) is 5. The smallest absolute Gasteiger partial charge is 0.367 e. The van der Waals surface area contributed by atoms with E-state index in [0.717, 1.165) is 34.9 Å². The molecular formula is C26H22F5N5O2. The van der Waals surface area contributed by atoms with E-state index < -0.39 is 29.1 Å². The number of aromatic nitrogens is 4. The molecule has 1 aromatic carbocycles. The Morgan fingerprint density at radius 1 is 1.03 bits per heavy atom. The molecule has 0 radical (unpaired) electrons. The van der Waals surface area contributed by atoms with Gasteiger partial charge in [-0.25, -0.2) is 13.8 Å². The van der Waals surface area contributed by atoms with Gasteiger partial charge in [0.1, 0.15) is 23.4 Å². The molecule has 0 N–H and O–H groups in total. The van der Waals surface area contributed by atoms with E-state index >= 15 is 0 Å². The van der Waals surface area contributed by atoms with E-state index in [9.17, 15) is 26.7 Å². The summed E-state index contributed by atoms with van der Waals surface area (Å²) in [6.07, 6.45) is 1.78. The Hall–Kier alpha value is -3.80. The number of hydrogen-bond donors (Lipinski definition) is 0. The van der Waals surface area contributed by atoms with Gasteiger partial charge in [0.2, 0.25) is 0 Å². The molecule has 1 saturated carbocycles. The molecule has 1 saturated heterocycles. The number of ether oxygens (including phenoxy) is 1. The van der Waals surface area contributed by atoms with E-state index in [1.54, 1.807) is 6.20 Å². The number of morpholine rings is 1. The van der Waals surface area contributed by atoms with Gasteiger partial charge in [0, 0.05) is 54.3 Å². The van der Waals surface area contributed by atoms with Gasteiger partial charge >= 0.3 is 6.18 Å². The normalized spacial score (nSPS) is 20.3. The summed E-state index contributed by atoms with van der Waals surface area (Å²) in [6.45, 7) is 2.66. The second-order valence-corrected chi connectivity index (χ2v) is 9.73. The van der Waals surface area contributed by atoms with Crippen molar-refractivity contribution in [2.24, 2.45) is 0 Å². The average molecular weight is 531 g/mol. The molecule has 2 aliphatic rings. The zero-order valence-electron chi connectivity index (χ0n) is 20.1. The van der Waals surface area contributed by atoms with E-state index in [1.807, 2.05) is 22.7 Å². The van der Waals surface area contributed by atoms with E-state index in [0.29, 0.717) is 37.0 Å². The van der Waals surface area contributed by atoms with Crippen LogP contribution >= 0.6 is 0 Å². The van der Waals surface area contributed by atoms with Gasteiger partial charge in [-0.3, -0.25) is 13.9 Å². The third-order valence-corrected chi connectivity index (χ3v) is 6.80. The number of hydrogen-bond acceptors (Lipinski definition) is 5. The molecule has 1 aliphatic heterocycles. The summed E-state index contributed by atoms with van der Waals surface area (Å²) in [4.78, 5) is 18.4. The Labute approximate surface area is 213 Å². The number of benzene rings is 1. The van der Waals surface area contributed by atoms with Gasteiger partial charge in [-0.05, 0) is 38.0 Å². The number of rotatable bonds is 4. The SMILES string of the molecule is CC1CN(c2cc(-c3ccc(F)cc3F)c3nc(C(F)(F)F)cc(=O)n3c2)CC(c2cnn(C3CC3)c2)O1. The molecule has 7 nitrogen and oxygen atoms in total. The zero-order chi connectivity index (χ0) is 26.8. The van der Waals surface area contributed by atoms with Crippen molar-refractivity contribution in [2.45, 2.75) is 44.2 Å². The molecule has 1 aliphatic carbocycles. The van der Waals surface area contributed by atoms with E-state index in [4.69, 9.17) is 4.74 Å². The minimum Gasteiger partial charge on any atom is -0.367 e. The third-order valence-electron chi connectivity index (χ3n) is 6.80. The Bertz CT molecular complexity index is 1590. The van der Waals surface area contributed by atoms with Gasteiger partial charge in [0.25, 0.3) is 5.56 Å². The lowest BCUT2D eigenvalue weighted by Gasteiger charge is -2.38. The third kappa shape index (κ3) is 4.53. The first-order valence-electron chi connectivity index (χ1n) is 12.1. The minimum absolute atomic E-state index is 0.0690. The lowest BCUT2D eigenvalue weighted by molar-refractivity contribution is -0.141. The monoisotopic (exact) mass is 531 g/mol. The Morgan fingerprint density at radius 2 is 1.82 bits per heavy atom. The van der Waals surface area contributed by atoms with E-state index in [2.05, 4.69) is 10.1 Å². The van der Waals surface area contributed by atoms with Crippen LogP contribution in [0.2, 0.25) is 0 Å². The molecule has 2 unspecified atom stereocenters. The number of halogens is 5. The van der Waals surface area contributed by atoms with Gasteiger partial charge in [-0.2, -0.15) is 18.3 Å². The van der Waals surface area contributed by atoms with Gasteiger partial charge < -0.3 is 9.64 Å². The van der Waals surface area contributed by atoms with Crippen molar-refractivity contribution in [3.05, 3.63) is 82.2 Å². The fraction of sp³-hybridized carbons (Fsp3) is 0.346. The van der Waals surface area contributed by atoms with E-state index in [-0.39, 0.29) is 29.0 Å². The van der Waals surface area contributed by atoms with Crippen LogP contribution in [0.5, 0.6) is 0 Å². The highest BCUT2D eigenvalue weighted by Gasteiger charge is 2.35. The second-order valence-electron chi connectivity index (χ2n) is 9.73. The maximum atomic E-state index is 14.9. The fourth-order valence-electron chi connectivity index (χ4n) is 4.82. The first-order valence-corrected chi connectivity index (χ1v) is 12.1. The molecular weight excluding hydrogens is 509 g/mol. The quantitative estimate of drug-likeness (QED) is 0.341. The van der Waals surface area contributed by atoms with Crippen molar-refractivity contribution < 1.29 is 26.7 Å². The molecule has 4 heterocycles. The standard InChI is InChI=1S/C26H22F5N5O2/c1-14-10-34(13-22(38-14)15-9-32-36(11-15)17-3-4-17)18-7-20(19-5-2-16(27)6-21(19)28)25-33-23(26(29,30)31)8-24(37)35(25)12-18/h2,5-9,11-12,14,17,22H,3-4,10,13H2,1H3. The van der Waals surface area contributed by atoms with Gasteiger partial charge in [0.05, 0.1) is 24.0 Å². The molecule has 4 aromatic rings. The molecule has 6 rings (SSSR count). The highest BCUT2D eigenvalue weighted by Crippen LogP contribution is 2.37. The molecule has 2 atom stereocenters.